The lowest BCUT2D eigenvalue weighted by atomic mass is 10.1. The van der Waals surface area contributed by atoms with Crippen LogP contribution in [0.15, 0.2) is 24.3 Å². The first-order chi connectivity index (χ1) is 9.81. The van der Waals surface area contributed by atoms with Crippen LogP contribution in [0.5, 0.6) is 0 Å². The smallest absolute Gasteiger partial charge is 0.310 e. The van der Waals surface area contributed by atoms with E-state index in [4.69, 9.17) is 0 Å². The maximum atomic E-state index is 12.6. The Morgan fingerprint density at radius 2 is 1.76 bits per heavy atom. The molecule has 0 fully saturated rings. The summed E-state index contributed by atoms with van der Waals surface area (Å²) in [5, 5.41) is 3.31. The van der Waals surface area contributed by atoms with E-state index in [9.17, 15) is 13.2 Å². The number of rotatable bonds is 8. The third kappa shape index (κ3) is 7.48. The van der Waals surface area contributed by atoms with Crippen LogP contribution in [0.2, 0.25) is 0 Å². The molecule has 0 aliphatic carbocycles. The molecule has 0 atom stereocenters. The van der Waals surface area contributed by atoms with Crippen LogP contribution in [0.3, 0.4) is 0 Å². The number of alkyl halides is 3. The van der Waals surface area contributed by atoms with Crippen LogP contribution in [0.25, 0.3) is 0 Å². The maximum absolute atomic E-state index is 12.6. The predicted octanol–water partition coefficient (Wildman–Crippen LogP) is 3.96. The van der Waals surface area contributed by atoms with Crippen LogP contribution < -0.4 is 5.32 Å². The van der Waals surface area contributed by atoms with E-state index in [1.54, 1.807) is 0 Å². The van der Waals surface area contributed by atoms with Gasteiger partial charge in [0.1, 0.15) is 0 Å². The molecular formula is C16H25F3N2. The summed E-state index contributed by atoms with van der Waals surface area (Å²) in [4.78, 5) is 1.47. The molecule has 0 aliphatic rings. The minimum atomic E-state index is -4.15. The Balaban J connectivity index is 2.78. The molecule has 120 valence electrons. The van der Waals surface area contributed by atoms with E-state index in [2.05, 4.69) is 19.2 Å². The number of nitrogens with one attached hydrogen (secondary N) is 1. The Kier molecular flexibility index (Phi) is 7.18. The normalized spacial score (nSPS) is 12.4. The van der Waals surface area contributed by atoms with E-state index >= 15 is 0 Å². The van der Waals surface area contributed by atoms with Crippen molar-refractivity contribution >= 4 is 0 Å². The number of hydrogen-bond donors (Lipinski definition) is 1. The highest BCUT2D eigenvalue weighted by atomic mass is 19.4. The maximum Gasteiger partial charge on any atom is 0.401 e. The summed E-state index contributed by atoms with van der Waals surface area (Å²) >= 11 is 0. The highest BCUT2D eigenvalue weighted by molar-refractivity contribution is 5.27. The Morgan fingerprint density at radius 3 is 2.29 bits per heavy atom. The van der Waals surface area contributed by atoms with Crippen LogP contribution in [-0.2, 0) is 13.1 Å². The van der Waals surface area contributed by atoms with Gasteiger partial charge in [-0.3, -0.25) is 4.90 Å². The second-order valence-corrected chi connectivity index (χ2v) is 5.63. The van der Waals surface area contributed by atoms with E-state index in [1.807, 2.05) is 31.2 Å². The standard InChI is InChI=1S/C16H25F3N2/c1-4-9-21(12-16(17,18)19)11-15-8-6-5-7-14(15)10-20-13(2)3/h5-8,13,20H,4,9-12H2,1-3H3. The molecule has 2 nitrogen and oxygen atoms in total. The zero-order chi connectivity index (χ0) is 15.9. The zero-order valence-electron chi connectivity index (χ0n) is 13.0. The lowest BCUT2D eigenvalue weighted by Crippen LogP contribution is -2.34. The lowest BCUT2D eigenvalue weighted by Gasteiger charge is -2.24. The summed E-state index contributed by atoms with van der Waals surface area (Å²) in [6.45, 7) is 6.61. The van der Waals surface area contributed by atoms with E-state index in [1.165, 1.54) is 4.90 Å². The van der Waals surface area contributed by atoms with Crippen molar-refractivity contribution in [2.45, 2.75) is 52.5 Å². The molecule has 0 amide bonds. The van der Waals surface area contributed by atoms with Crippen LogP contribution in [-0.4, -0.2) is 30.2 Å². The van der Waals surface area contributed by atoms with Gasteiger partial charge < -0.3 is 5.32 Å². The van der Waals surface area contributed by atoms with Gasteiger partial charge in [0.05, 0.1) is 6.54 Å². The van der Waals surface area contributed by atoms with Gasteiger partial charge in [0.2, 0.25) is 0 Å². The monoisotopic (exact) mass is 302 g/mol. The summed E-state index contributed by atoms with van der Waals surface area (Å²) in [5.41, 5.74) is 2.03. The minimum absolute atomic E-state index is 0.337. The van der Waals surface area contributed by atoms with Crippen molar-refractivity contribution in [1.82, 2.24) is 10.2 Å². The molecular weight excluding hydrogens is 277 g/mol. The predicted molar refractivity (Wildman–Crippen MR) is 80.0 cm³/mol. The summed E-state index contributed by atoms with van der Waals surface area (Å²) < 4.78 is 37.9. The van der Waals surface area contributed by atoms with Gasteiger partial charge in [-0.15, -0.1) is 0 Å². The topological polar surface area (TPSA) is 15.3 Å². The molecule has 0 radical (unpaired) electrons. The minimum Gasteiger partial charge on any atom is -0.310 e. The summed E-state index contributed by atoms with van der Waals surface area (Å²) in [7, 11) is 0. The second-order valence-electron chi connectivity index (χ2n) is 5.63. The van der Waals surface area contributed by atoms with E-state index < -0.39 is 12.7 Å². The molecule has 0 spiro atoms. The average molecular weight is 302 g/mol. The number of hydrogen-bond acceptors (Lipinski definition) is 2. The van der Waals surface area contributed by atoms with Crippen LogP contribution in [0, 0.1) is 0 Å². The van der Waals surface area contributed by atoms with E-state index in [0.717, 1.165) is 11.1 Å². The number of halogens is 3. The van der Waals surface area contributed by atoms with Crippen molar-refractivity contribution in [3.63, 3.8) is 0 Å². The summed E-state index contributed by atoms with van der Waals surface area (Å²) in [6.07, 6.45) is -3.44. The first kappa shape index (κ1) is 18.0. The van der Waals surface area contributed by atoms with Crippen molar-refractivity contribution in [3.05, 3.63) is 35.4 Å². The van der Waals surface area contributed by atoms with Gasteiger partial charge in [0.15, 0.2) is 0 Å². The number of benzene rings is 1. The molecule has 0 aromatic heterocycles. The van der Waals surface area contributed by atoms with Crippen molar-refractivity contribution in [1.29, 1.82) is 0 Å². The molecule has 0 bridgehead atoms. The van der Waals surface area contributed by atoms with Gasteiger partial charge in [-0.05, 0) is 24.1 Å². The largest absolute Gasteiger partial charge is 0.401 e. The zero-order valence-corrected chi connectivity index (χ0v) is 13.0. The molecule has 5 heteroatoms. The first-order valence-corrected chi connectivity index (χ1v) is 7.41. The fraction of sp³-hybridized carbons (Fsp3) is 0.625. The van der Waals surface area contributed by atoms with E-state index in [-0.39, 0.29) is 0 Å². The summed E-state index contributed by atoms with van der Waals surface area (Å²) in [6, 6.07) is 8.04. The summed E-state index contributed by atoms with van der Waals surface area (Å²) in [5.74, 6) is 0. The van der Waals surface area contributed by atoms with E-state index in [0.29, 0.717) is 32.1 Å². The van der Waals surface area contributed by atoms with Gasteiger partial charge >= 0.3 is 6.18 Å². The molecule has 1 aromatic carbocycles. The quantitative estimate of drug-likeness (QED) is 0.782. The third-order valence-corrected chi connectivity index (χ3v) is 3.16. The highest BCUT2D eigenvalue weighted by Crippen LogP contribution is 2.19. The van der Waals surface area contributed by atoms with Crippen molar-refractivity contribution in [2.24, 2.45) is 0 Å². The molecule has 21 heavy (non-hydrogen) atoms. The van der Waals surface area contributed by atoms with Crippen LogP contribution in [0.4, 0.5) is 13.2 Å². The third-order valence-electron chi connectivity index (χ3n) is 3.16. The second kappa shape index (κ2) is 8.39. The molecule has 0 aliphatic heterocycles. The van der Waals surface area contributed by atoms with Gasteiger partial charge in [-0.1, -0.05) is 45.0 Å². The molecule has 0 heterocycles. The lowest BCUT2D eigenvalue weighted by molar-refractivity contribution is -0.147. The number of nitrogens with zero attached hydrogens (tertiary/aromatic N) is 1. The SMILES string of the molecule is CCCN(Cc1ccccc1CNC(C)C)CC(F)(F)F. The Morgan fingerprint density at radius 1 is 1.14 bits per heavy atom. The molecule has 0 unspecified atom stereocenters. The molecule has 1 N–H and O–H groups in total. The van der Waals surface area contributed by atoms with Crippen molar-refractivity contribution < 1.29 is 13.2 Å². The fourth-order valence-corrected chi connectivity index (χ4v) is 2.22. The molecule has 1 rings (SSSR count). The highest BCUT2D eigenvalue weighted by Gasteiger charge is 2.30. The van der Waals surface area contributed by atoms with Gasteiger partial charge in [0.25, 0.3) is 0 Å². The van der Waals surface area contributed by atoms with Crippen molar-refractivity contribution in [2.75, 3.05) is 13.1 Å². The van der Waals surface area contributed by atoms with Gasteiger partial charge in [-0.25, -0.2) is 0 Å². The molecule has 0 saturated heterocycles. The molecule has 0 saturated carbocycles. The average Bonchev–Trinajstić information content (AvgIpc) is 2.36. The van der Waals surface area contributed by atoms with Crippen LogP contribution >= 0.6 is 0 Å². The van der Waals surface area contributed by atoms with Gasteiger partial charge in [-0.2, -0.15) is 13.2 Å². The van der Waals surface area contributed by atoms with Crippen LogP contribution in [0.1, 0.15) is 38.3 Å². The van der Waals surface area contributed by atoms with Gasteiger partial charge in [0, 0.05) is 19.1 Å². The first-order valence-electron chi connectivity index (χ1n) is 7.41. The van der Waals surface area contributed by atoms with Crippen molar-refractivity contribution in [3.8, 4) is 0 Å². The Hall–Kier alpha value is -1.07. The Labute approximate surface area is 125 Å². The molecule has 1 aromatic rings. The Bertz CT molecular complexity index is 416. The fourth-order valence-electron chi connectivity index (χ4n) is 2.22.